The maximum absolute atomic E-state index is 6.52. The van der Waals surface area contributed by atoms with E-state index in [4.69, 9.17) is 16.2 Å². The van der Waals surface area contributed by atoms with Crippen LogP contribution < -0.4 is 16.8 Å². The molecule has 0 aromatic carbocycles. The van der Waals surface area contributed by atoms with E-state index in [2.05, 4.69) is 10.3 Å². The van der Waals surface area contributed by atoms with Gasteiger partial charge in [0, 0.05) is 29.8 Å². The first-order valence-electron chi connectivity index (χ1n) is 5.77. The Hall–Kier alpha value is -1.59. The maximum Gasteiger partial charge on any atom is 0.123 e. The van der Waals surface area contributed by atoms with E-state index >= 15 is 0 Å². The molecule has 0 bridgehead atoms. The van der Waals surface area contributed by atoms with Crippen LogP contribution in [0.25, 0.3) is 6.08 Å². The van der Waals surface area contributed by atoms with E-state index < -0.39 is 5.66 Å². The molecule has 0 spiro atoms. The number of rotatable bonds is 1. The standard InChI is InChI=1S/C12H16N4O/c13-11-5-10-8(6-15-11)1-3-16-12(10,14)9-2-4-17-7-9/h1,3,5-6,9,16H,2,4,7,14H2,(H2,13,15)/t9-,12?/m0/s1. The number of aromatic nitrogens is 1. The Morgan fingerprint density at radius 2 is 2.41 bits per heavy atom. The van der Waals surface area contributed by atoms with Crippen LogP contribution in [0.2, 0.25) is 0 Å². The fraction of sp³-hybridized carbons (Fsp3) is 0.417. The number of fused-ring (bicyclic) bond motifs is 1. The number of ether oxygens (including phenoxy) is 1. The first-order valence-corrected chi connectivity index (χ1v) is 5.77. The molecule has 2 atom stereocenters. The number of nitrogens with zero attached hydrogens (tertiary/aromatic N) is 1. The van der Waals surface area contributed by atoms with Crippen LogP contribution in [0.1, 0.15) is 17.5 Å². The Kier molecular flexibility index (Phi) is 2.31. The van der Waals surface area contributed by atoms with Crippen molar-refractivity contribution >= 4 is 11.9 Å². The molecule has 5 heteroatoms. The second-order valence-corrected chi connectivity index (χ2v) is 4.60. The topological polar surface area (TPSA) is 86.2 Å². The molecule has 3 rings (SSSR count). The highest BCUT2D eigenvalue weighted by Gasteiger charge is 2.40. The van der Waals surface area contributed by atoms with Gasteiger partial charge in [0.05, 0.1) is 6.61 Å². The molecule has 17 heavy (non-hydrogen) atoms. The lowest BCUT2D eigenvalue weighted by Gasteiger charge is -2.38. The van der Waals surface area contributed by atoms with Gasteiger partial charge in [-0.2, -0.15) is 0 Å². The highest BCUT2D eigenvalue weighted by molar-refractivity contribution is 5.60. The van der Waals surface area contributed by atoms with Crippen LogP contribution >= 0.6 is 0 Å². The van der Waals surface area contributed by atoms with Gasteiger partial charge in [0.15, 0.2) is 0 Å². The third kappa shape index (κ3) is 1.59. The normalized spacial score (nSPS) is 31.0. The molecular weight excluding hydrogens is 216 g/mol. The van der Waals surface area contributed by atoms with Crippen LogP contribution in [0, 0.1) is 5.92 Å². The molecule has 90 valence electrons. The quantitative estimate of drug-likeness (QED) is 0.652. The van der Waals surface area contributed by atoms with Crippen LogP contribution in [0.15, 0.2) is 18.5 Å². The number of hydrogen-bond donors (Lipinski definition) is 3. The van der Waals surface area contributed by atoms with Gasteiger partial charge in [-0.1, -0.05) is 0 Å². The molecule has 5 N–H and O–H groups in total. The third-order valence-electron chi connectivity index (χ3n) is 3.56. The van der Waals surface area contributed by atoms with Crippen LogP contribution in [0.3, 0.4) is 0 Å². The summed E-state index contributed by atoms with van der Waals surface area (Å²) in [5, 5.41) is 3.25. The van der Waals surface area contributed by atoms with E-state index in [1.165, 1.54) is 0 Å². The molecule has 1 unspecified atom stereocenters. The van der Waals surface area contributed by atoms with Gasteiger partial charge < -0.3 is 21.5 Å². The molecule has 2 aliphatic rings. The van der Waals surface area contributed by atoms with Crippen LogP contribution in [0.5, 0.6) is 0 Å². The zero-order valence-electron chi connectivity index (χ0n) is 9.52. The largest absolute Gasteiger partial charge is 0.384 e. The van der Waals surface area contributed by atoms with Gasteiger partial charge in [0.2, 0.25) is 0 Å². The van der Waals surface area contributed by atoms with Crippen molar-refractivity contribution in [3.63, 3.8) is 0 Å². The van der Waals surface area contributed by atoms with Crippen molar-refractivity contribution in [2.75, 3.05) is 18.9 Å². The van der Waals surface area contributed by atoms with Gasteiger partial charge in [-0.15, -0.1) is 0 Å². The first-order chi connectivity index (χ1) is 8.20. The van der Waals surface area contributed by atoms with Gasteiger partial charge in [-0.3, -0.25) is 0 Å². The summed E-state index contributed by atoms with van der Waals surface area (Å²) in [6, 6.07) is 1.85. The summed E-state index contributed by atoms with van der Waals surface area (Å²) in [5.74, 6) is 0.752. The van der Waals surface area contributed by atoms with Gasteiger partial charge in [0.25, 0.3) is 0 Å². The predicted molar refractivity (Wildman–Crippen MR) is 65.6 cm³/mol. The second kappa shape index (κ2) is 3.72. The molecule has 2 aliphatic heterocycles. The van der Waals surface area contributed by atoms with Crippen molar-refractivity contribution < 1.29 is 4.74 Å². The molecule has 1 aromatic heterocycles. The molecule has 5 nitrogen and oxygen atoms in total. The summed E-state index contributed by atoms with van der Waals surface area (Å²) in [6.07, 6.45) is 6.56. The Labute approximate surface area is 99.8 Å². The number of nitrogen functional groups attached to an aromatic ring is 1. The molecule has 1 saturated heterocycles. The predicted octanol–water partition coefficient (Wildman–Crippen LogP) is 0.386. The molecule has 0 saturated carbocycles. The summed E-state index contributed by atoms with van der Waals surface area (Å²) >= 11 is 0. The smallest absolute Gasteiger partial charge is 0.123 e. The molecule has 0 amide bonds. The summed E-state index contributed by atoms with van der Waals surface area (Å²) < 4.78 is 5.43. The maximum atomic E-state index is 6.52. The number of anilines is 1. The SMILES string of the molecule is Nc1cc2c(cn1)C=CNC2(N)[C@H]1CCOC1. The van der Waals surface area contributed by atoms with E-state index in [1.807, 2.05) is 18.3 Å². The molecular formula is C12H16N4O. The minimum absolute atomic E-state index is 0.257. The monoisotopic (exact) mass is 232 g/mol. The van der Waals surface area contributed by atoms with Crippen molar-refractivity contribution in [2.24, 2.45) is 11.7 Å². The van der Waals surface area contributed by atoms with Crippen molar-refractivity contribution in [2.45, 2.75) is 12.1 Å². The van der Waals surface area contributed by atoms with Crippen LogP contribution in [-0.4, -0.2) is 18.2 Å². The second-order valence-electron chi connectivity index (χ2n) is 4.60. The van der Waals surface area contributed by atoms with Crippen molar-refractivity contribution in [1.82, 2.24) is 10.3 Å². The van der Waals surface area contributed by atoms with Gasteiger partial charge in [-0.05, 0) is 24.8 Å². The first kappa shape index (κ1) is 10.6. The summed E-state index contributed by atoms with van der Waals surface area (Å²) in [6.45, 7) is 1.45. The summed E-state index contributed by atoms with van der Waals surface area (Å²) in [4.78, 5) is 4.10. The van der Waals surface area contributed by atoms with Gasteiger partial charge in [0.1, 0.15) is 11.5 Å². The highest BCUT2D eigenvalue weighted by Crippen LogP contribution is 2.35. The fourth-order valence-electron chi connectivity index (χ4n) is 2.55. The van der Waals surface area contributed by atoms with Gasteiger partial charge in [-0.25, -0.2) is 4.98 Å². The Balaban J connectivity index is 2.08. The number of nitrogens with two attached hydrogens (primary N) is 2. The highest BCUT2D eigenvalue weighted by atomic mass is 16.5. The average Bonchev–Trinajstić information content (AvgIpc) is 2.84. The fourth-order valence-corrected chi connectivity index (χ4v) is 2.55. The number of hydrogen-bond acceptors (Lipinski definition) is 5. The summed E-state index contributed by atoms with van der Waals surface area (Å²) in [5.41, 5.74) is 13.7. The lowest BCUT2D eigenvalue weighted by atomic mass is 9.82. The Morgan fingerprint density at radius 3 is 3.18 bits per heavy atom. The lowest BCUT2D eigenvalue weighted by molar-refractivity contribution is 0.153. The summed E-state index contributed by atoms with van der Waals surface area (Å²) in [7, 11) is 0. The molecule has 0 aliphatic carbocycles. The van der Waals surface area contributed by atoms with Gasteiger partial charge >= 0.3 is 0 Å². The number of pyridine rings is 1. The minimum atomic E-state index is -0.600. The molecule has 1 fully saturated rings. The molecule has 1 aromatic rings. The minimum Gasteiger partial charge on any atom is -0.384 e. The van der Waals surface area contributed by atoms with Crippen LogP contribution in [-0.2, 0) is 10.4 Å². The van der Waals surface area contributed by atoms with E-state index in [0.717, 1.165) is 24.2 Å². The van der Waals surface area contributed by atoms with E-state index in [1.54, 1.807) is 6.20 Å². The van der Waals surface area contributed by atoms with Crippen molar-refractivity contribution in [1.29, 1.82) is 0 Å². The van der Waals surface area contributed by atoms with Crippen LogP contribution in [0.4, 0.5) is 5.82 Å². The van der Waals surface area contributed by atoms with E-state index in [9.17, 15) is 0 Å². The third-order valence-corrected chi connectivity index (χ3v) is 3.56. The zero-order chi connectivity index (χ0) is 11.9. The number of nitrogens with one attached hydrogen (secondary N) is 1. The molecule has 0 radical (unpaired) electrons. The zero-order valence-corrected chi connectivity index (χ0v) is 9.52. The van der Waals surface area contributed by atoms with Crippen molar-refractivity contribution in [3.8, 4) is 0 Å². The Bertz CT molecular complexity index is 468. The van der Waals surface area contributed by atoms with E-state index in [0.29, 0.717) is 12.4 Å². The van der Waals surface area contributed by atoms with Crippen molar-refractivity contribution in [3.05, 3.63) is 29.6 Å². The van der Waals surface area contributed by atoms with E-state index in [-0.39, 0.29) is 5.92 Å². The average molecular weight is 232 g/mol. The Morgan fingerprint density at radius 1 is 1.53 bits per heavy atom. The lowest BCUT2D eigenvalue weighted by Crippen LogP contribution is -2.55. The molecule has 3 heterocycles.